The second kappa shape index (κ2) is 12.9. The van der Waals surface area contributed by atoms with E-state index in [-0.39, 0.29) is 49.2 Å². The number of aromatic nitrogens is 1. The zero-order valence-corrected chi connectivity index (χ0v) is 23.8. The van der Waals surface area contributed by atoms with Gasteiger partial charge in [-0.15, -0.1) is 0 Å². The fourth-order valence-corrected chi connectivity index (χ4v) is 6.68. The number of nitrogens with one attached hydrogen (secondary N) is 2. The summed E-state index contributed by atoms with van der Waals surface area (Å²) in [5.41, 5.74) is 1.05. The van der Waals surface area contributed by atoms with Gasteiger partial charge in [0.15, 0.2) is 6.61 Å². The molecule has 0 bridgehead atoms. The lowest BCUT2D eigenvalue weighted by Gasteiger charge is -2.27. The summed E-state index contributed by atoms with van der Waals surface area (Å²) in [7, 11) is -3.99. The summed E-state index contributed by atoms with van der Waals surface area (Å²) in [6, 6.07) is 9.92. The van der Waals surface area contributed by atoms with Gasteiger partial charge in [-0.05, 0) is 43.0 Å². The van der Waals surface area contributed by atoms with Crippen molar-refractivity contribution in [2.45, 2.75) is 36.6 Å². The highest BCUT2D eigenvalue weighted by Crippen LogP contribution is 2.31. The van der Waals surface area contributed by atoms with E-state index in [0.29, 0.717) is 13.1 Å². The predicted octanol–water partition coefficient (Wildman–Crippen LogP) is 2.68. The molecule has 3 aromatic rings. The van der Waals surface area contributed by atoms with Gasteiger partial charge in [0, 0.05) is 55.8 Å². The number of nitro benzene ring substituents is 1. The number of benzene rings is 2. The minimum atomic E-state index is -3.99. The summed E-state index contributed by atoms with van der Waals surface area (Å²) < 4.78 is 38.1. The second-order valence-corrected chi connectivity index (χ2v) is 12.2. The molecule has 0 saturated carbocycles. The Hall–Kier alpha value is -4.01. The van der Waals surface area contributed by atoms with Crippen LogP contribution in [-0.4, -0.2) is 91.4 Å². The largest absolute Gasteiger partial charge is 0.454 e. The van der Waals surface area contributed by atoms with Crippen LogP contribution in [0.1, 0.15) is 24.8 Å². The van der Waals surface area contributed by atoms with Crippen molar-refractivity contribution in [1.29, 1.82) is 0 Å². The average Bonchev–Trinajstić information content (AvgIpc) is 3.42. The molecular weight excluding hydrogens is 566 g/mol. The average molecular weight is 600 g/mol. The molecule has 1 aromatic heterocycles. The van der Waals surface area contributed by atoms with E-state index in [1.807, 2.05) is 24.3 Å². The van der Waals surface area contributed by atoms with Crippen LogP contribution >= 0.6 is 0 Å². The third-order valence-corrected chi connectivity index (χ3v) is 9.43. The Bertz CT molecular complexity index is 1560. The first-order valence-electron chi connectivity index (χ1n) is 13.9. The number of sulfonamides is 1. The van der Waals surface area contributed by atoms with Crippen molar-refractivity contribution in [3.05, 3.63) is 64.3 Å². The quantitative estimate of drug-likeness (QED) is 0.203. The van der Waals surface area contributed by atoms with Crippen LogP contribution in [0.3, 0.4) is 0 Å². The molecule has 0 spiro atoms. The topological polar surface area (TPSA) is 164 Å². The van der Waals surface area contributed by atoms with Crippen molar-refractivity contribution >= 4 is 44.2 Å². The Kier molecular flexibility index (Phi) is 9.04. The van der Waals surface area contributed by atoms with Gasteiger partial charge >= 0.3 is 5.97 Å². The van der Waals surface area contributed by atoms with Crippen LogP contribution in [0.15, 0.2) is 53.6 Å². The van der Waals surface area contributed by atoms with Gasteiger partial charge in [-0.25, -0.2) is 13.2 Å². The van der Waals surface area contributed by atoms with E-state index in [0.717, 1.165) is 41.8 Å². The van der Waals surface area contributed by atoms with Gasteiger partial charge in [-0.3, -0.25) is 14.9 Å². The monoisotopic (exact) mass is 599 g/mol. The maximum Gasteiger partial charge on any atom is 0.329 e. The van der Waals surface area contributed by atoms with Gasteiger partial charge in [0.2, 0.25) is 10.0 Å². The van der Waals surface area contributed by atoms with Gasteiger partial charge in [0.05, 0.1) is 23.0 Å². The van der Waals surface area contributed by atoms with Crippen molar-refractivity contribution < 1.29 is 32.4 Å². The smallest absolute Gasteiger partial charge is 0.329 e. The van der Waals surface area contributed by atoms with Crippen LogP contribution in [0.2, 0.25) is 0 Å². The molecule has 2 aromatic carbocycles. The Labute approximate surface area is 243 Å². The molecule has 1 atom stereocenters. The third-order valence-electron chi connectivity index (χ3n) is 7.53. The predicted molar refractivity (Wildman–Crippen MR) is 153 cm³/mol. The first-order valence-corrected chi connectivity index (χ1v) is 15.3. The summed E-state index contributed by atoms with van der Waals surface area (Å²) in [5.74, 6) is -1.05. The number of hydrogen-bond donors (Lipinski definition) is 2. The van der Waals surface area contributed by atoms with Crippen LogP contribution in [0.4, 0.5) is 11.4 Å². The maximum atomic E-state index is 13.4. The number of hydrogen-bond acceptors (Lipinski definition) is 9. The van der Waals surface area contributed by atoms with Gasteiger partial charge in [-0.1, -0.05) is 18.2 Å². The van der Waals surface area contributed by atoms with E-state index in [1.165, 1.54) is 16.4 Å². The third kappa shape index (κ3) is 6.55. The van der Waals surface area contributed by atoms with Crippen molar-refractivity contribution in [1.82, 2.24) is 14.2 Å². The highest BCUT2D eigenvalue weighted by molar-refractivity contribution is 7.89. The molecule has 2 aliphatic rings. The van der Waals surface area contributed by atoms with Gasteiger partial charge < -0.3 is 24.7 Å². The number of nitrogens with zero attached hydrogens (tertiary/aromatic N) is 3. The molecule has 5 rings (SSSR count). The van der Waals surface area contributed by atoms with Crippen LogP contribution in [-0.2, 0) is 35.5 Å². The van der Waals surface area contributed by atoms with Crippen LogP contribution in [0.25, 0.3) is 10.9 Å². The number of anilines is 1. The van der Waals surface area contributed by atoms with E-state index in [4.69, 9.17) is 9.47 Å². The number of carbonyl (C=O) groups excluding carboxylic acids is 2. The van der Waals surface area contributed by atoms with E-state index in [9.17, 15) is 28.1 Å². The minimum absolute atomic E-state index is 0.0509. The van der Waals surface area contributed by atoms with Gasteiger partial charge in [0.1, 0.15) is 11.7 Å². The molecular formula is C28H33N5O8S. The van der Waals surface area contributed by atoms with Crippen molar-refractivity contribution in [2.75, 3.05) is 51.3 Å². The summed E-state index contributed by atoms with van der Waals surface area (Å²) in [5, 5.41) is 15.8. The SMILES string of the molecule is O=C(OCC(=O)N1CCCCC1)C(Cc1c[nH]c2ccccc12)Nc1ccc(S(=O)(=O)N2CCOCC2)cc1[N+](=O)[O-]. The molecule has 0 radical (unpaired) electrons. The first kappa shape index (κ1) is 29.5. The summed E-state index contributed by atoms with van der Waals surface area (Å²) >= 11 is 0. The minimum Gasteiger partial charge on any atom is -0.454 e. The van der Waals surface area contributed by atoms with Crippen LogP contribution in [0, 0.1) is 10.1 Å². The molecule has 2 N–H and O–H groups in total. The molecule has 14 heteroatoms. The Balaban J connectivity index is 1.40. The van der Waals surface area contributed by atoms with E-state index in [1.54, 1.807) is 11.1 Å². The number of rotatable bonds is 10. The van der Waals surface area contributed by atoms with Crippen LogP contribution < -0.4 is 5.32 Å². The Morgan fingerprint density at radius 3 is 2.55 bits per heavy atom. The second-order valence-electron chi connectivity index (χ2n) is 10.3. The molecule has 3 heterocycles. The lowest BCUT2D eigenvalue weighted by atomic mass is 10.0. The number of piperidine rings is 1. The number of ether oxygens (including phenoxy) is 2. The number of nitro groups is 1. The number of esters is 1. The van der Waals surface area contributed by atoms with Crippen molar-refractivity contribution in [3.63, 3.8) is 0 Å². The number of fused-ring (bicyclic) bond motifs is 1. The van der Waals surface area contributed by atoms with Gasteiger partial charge in [-0.2, -0.15) is 4.31 Å². The first-order chi connectivity index (χ1) is 20.2. The molecule has 2 aliphatic heterocycles. The van der Waals surface area contributed by atoms with E-state index < -0.39 is 39.3 Å². The van der Waals surface area contributed by atoms with E-state index >= 15 is 0 Å². The molecule has 1 amide bonds. The number of carbonyl (C=O) groups is 2. The Morgan fingerprint density at radius 1 is 1.07 bits per heavy atom. The summed E-state index contributed by atoms with van der Waals surface area (Å²) in [4.78, 5) is 42.0. The lowest BCUT2D eigenvalue weighted by molar-refractivity contribution is -0.384. The molecule has 13 nitrogen and oxygen atoms in total. The zero-order chi connectivity index (χ0) is 29.7. The number of morpholine rings is 1. The molecule has 42 heavy (non-hydrogen) atoms. The summed E-state index contributed by atoms with van der Waals surface area (Å²) in [6.07, 6.45) is 4.67. The standard InChI is InChI=1S/C28H33N5O8S/c34-27(31-10-4-1-5-11-31)19-41-28(35)25(16-20-18-29-23-7-3-2-6-22(20)23)30-24-9-8-21(17-26(24)33(36)37)42(38,39)32-12-14-40-15-13-32/h2-3,6-9,17-18,25,29-30H,1,4-5,10-16,19H2. The highest BCUT2D eigenvalue weighted by atomic mass is 32.2. The fraction of sp³-hybridized carbons (Fsp3) is 0.429. The molecule has 0 aliphatic carbocycles. The number of para-hydroxylation sites is 1. The Morgan fingerprint density at radius 2 is 1.81 bits per heavy atom. The number of H-pyrrole nitrogens is 1. The van der Waals surface area contributed by atoms with Crippen LogP contribution in [0.5, 0.6) is 0 Å². The lowest BCUT2D eigenvalue weighted by Crippen LogP contribution is -2.41. The number of likely N-dealkylation sites (tertiary alicyclic amines) is 1. The molecule has 2 fully saturated rings. The maximum absolute atomic E-state index is 13.4. The summed E-state index contributed by atoms with van der Waals surface area (Å²) in [6.45, 7) is 1.54. The van der Waals surface area contributed by atoms with E-state index in [2.05, 4.69) is 10.3 Å². The number of amides is 1. The molecule has 2 saturated heterocycles. The van der Waals surface area contributed by atoms with Crippen molar-refractivity contribution in [3.8, 4) is 0 Å². The zero-order valence-electron chi connectivity index (χ0n) is 23.0. The van der Waals surface area contributed by atoms with Gasteiger partial charge in [0.25, 0.3) is 11.6 Å². The molecule has 224 valence electrons. The fourth-order valence-electron chi connectivity index (χ4n) is 5.25. The molecule has 1 unspecified atom stereocenters. The van der Waals surface area contributed by atoms with Crippen molar-refractivity contribution in [2.24, 2.45) is 0 Å². The normalized spacial score (nSPS) is 17.1. The number of aromatic amines is 1. The highest BCUT2D eigenvalue weighted by Gasteiger charge is 2.31.